The van der Waals surface area contributed by atoms with Gasteiger partial charge in [-0.15, -0.1) is 0 Å². The van der Waals surface area contributed by atoms with Crippen molar-refractivity contribution in [2.45, 2.75) is 52.5 Å². The van der Waals surface area contributed by atoms with E-state index in [1.807, 2.05) is 6.92 Å². The maximum absolute atomic E-state index is 14.5. The fourth-order valence-corrected chi connectivity index (χ4v) is 4.71. The predicted octanol–water partition coefficient (Wildman–Crippen LogP) is 4.53. The van der Waals surface area contributed by atoms with Crippen molar-refractivity contribution < 1.29 is 4.39 Å². The van der Waals surface area contributed by atoms with Crippen LogP contribution in [0.4, 0.5) is 4.39 Å². The molecule has 3 rings (SSSR count). The highest BCUT2D eigenvalue weighted by Gasteiger charge is 2.44. The molecule has 2 saturated carbocycles. The zero-order chi connectivity index (χ0) is 14.3. The molecule has 1 N–H and O–H groups in total. The lowest BCUT2D eigenvalue weighted by Gasteiger charge is -2.32. The van der Waals surface area contributed by atoms with Gasteiger partial charge in [0.15, 0.2) is 0 Å². The lowest BCUT2D eigenvalue weighted by Crippen LogP contribution is -2.32. The van der Waals surface area contributed by atoms with Crippen LogP contribution in [-0.2, 0) is 0 Å². The fourth-order valence-electron chi connectivity index (χ4n) is 4.71. The molecule has 4 atom stereocenters. The molecule has 0 saturated heterocycles. The number of halogens is 1. The molecule has 110 valence electrons. The van der Waals surface area contributed by atoms with E-state index in [1.54, 1.807) is 6.07 Å². The summed E-state index contributed by atoms with van der Waals surface area (Å²) >= 11 is 0. The van der Waals surface area contributed by atoms with Gasteiger partial charge in [-0.3, -0.25) is 0 Å². The van der Waals surface area contributed by atoms with Gasteiger partial charge in [-0.05, 0) is 74.6 Å². The van der Waals surface area contributed by atoms with Crippen LogP contribution in [0.2, 0.25) is 0 Å². The highest BCUT2D eigenvalue weighted by atomic mass is 19.1. The summed E-state index contributed by atoms with van der Waals surface area (Å²) < 4.78 is 14.5. The van der Waals surface area contributed by atoms with Gasteiger partial charge in [0.05, 0.1) is 0 Å². The van der Waals surface area contributed by atoms with Crippen LogP contribution in [0.1, 0.15) is 55.3 Å². The Balaban J connectivity index is 1.95. The smallest absolute Gasteiger partial charge is 0.128 e. The van der Waals surface area contributed by atoms with Crippen molar-refractivity contribution in [3.8, 4) is 0 Å². The van der Waals surface area contributed by atoms with Crippen molar-refractivity contribution in [1.82, 2.24) is 5.32 Å². The van der Waals surface area contributed by atoms with E-state index in [4.69, 9.17) is 0 Å². The highest BCUT2D eigenvalue weighted by Crippen LogP contribution is 2.53. The van der Waals surface area contributed by atoms with Gasteiger partial charge in [-0.2, -0.15) is 0 Å². The molecule has 1 aromatic rings. The number of aryl methyl sites for hydroxylation is 2. The third kappa shape index (κ3) is 2.39. The van der Waals surface area contributed by atoms with E-state index in [0.29, 0.717) is 5.92 Å². The number of hydrogen-bond acceptors (Lipinski definition) is 1. The lowest BCUT2D eigenvalue weighted by atomic mass is 9.79. The first-order chi connectivity index (χ1) is 9.60. The molecule has 2 aliphatic carbocycles. The fraction of sp³-hybridized carbons (Fsp3) is 0.667. The second-order valence-corrected chi connectivity index (χ2v) is 6.85. The maximum Gasteiger partial charge on any atom is 0.128 e. The van der Waals surface area contributed by atoms with Gasteiger partial charge in [0.2, 0.25) is 0 Å². The number of hydrogen-bond donors (Lipinski definition) is 1. The molecule has 0 spiro atoms. The van der Waals surface area contributed by atoms with Crippen LogP contribution in [0.3, 0.4) is 0 Å². The summed E-state index contributed by atoms with van der Waals surface area (Å²) in [4.78, 5) is 0. The molecule has 0 amide bonds. The zero-order valence-electron chi connectivity index (χ0n) is 12.9. The summed E-state index contributed by atoms with van der Waals surface area (Å²) in [6.45, 7) is 7.07. The second-order valence-electron chi connectivity index (χ2n) is 6.85. The molecule has 1 aromatic carbocycles. The Morgan fingerprint density at radius 3 is 2.60 bits per heavy atom. The summed E-state index contributed by atoms with van der Waals surface area (Å²) in [7, 11) is 0. The third-order valence-electron chi connectivity index (χ3n) is 5.44. The molecule has 0 radical (unpaired) electrons. The van der Waals surface area contributed by atoms with E-state index in [0.717, 1.165) is 35.1 Å². The van der Waals surface area contributed by atoms with Gasteiger partial charge >= 0.3 is 0 Å². The number of fused-ring (bicyclic) bond motifs is 2. The van der Waals surface area contributed by atoms with Crippen molar-refractivity contribution >= 4 is 0 Å². The van der Waals surface area contributed by atoms with E-state index >= 15 is 0 Å². The minimum absolute atomic E-state index is 0.0174. The topological polar surface area (TPSA) is 12.0 Å². The number of benzene rings is 1. The van der Waals surface area contributed by atoms with Crippen LogP contribution in [0, 0.1) is 37.4 Å². The van der Waals surface area contributed by atoms with Gasteiger partial charge in [0.25, 0.3) is 0 Å². The molecule has 2 fully saturated rings. The summed E-state index contributed by atoms with van der Waals surface area (Å²) in [5, 5.41) is 3.59. The van der Waals surface area contributed by atoms with Gasteiger partial charge < -0.3 is 5.32 Å². The van der Waals surface area contributed by atoms with Crippen molar-refractivity contribution in [1.29, 1.82) is 0 Å². The van der Waals surface area contributed by atoms with E-state index in [9.17, 15) is 4.39 Å². The zero-order valence-corrected chi connectivity index (χ0v) is 12.9. The maximum atomic E-state index is 14.5. The molecule has 20 heavy (non-hydrogen) atoms. The van der Waals surface area contributed by atoms with E-state index < -0.39 is 0 Å². The summed E-state index contributed by atoms with van der Waals surface area (Å²) in [5.74, 6) is 2.32. The molecule has 0 heterocycles. The first-order valence-electron chi connectivity index (χ1n) is 8.10. The van der Waals surface area contributed by atoms with Gasteiger partial charge in [-0.1, -0.05) is 19.4 Å². The normalized spacial score (nSPS) is 29.9. The molecule has 4 unspecified atom stereocenters. The Kier molecular flexibility index (Phi) is 3.85. The number of nitrogens with one attached hydrogen (secondary N) is 1. The molecule has 2 heteroatoms. The molecular formula is C18H26FN. The quantitative estimate of drug-likeness (QED) is 0.851. The van der Waals surface area contributed by atoms with Crippen molar-refractivity contribution in [2.24, 2.45) is 17.8 Å². The van der Waals surface area contributed by atoms with E-state index in [1.165, 1.54) is 25.7 Å². The monoisotopic (exact) mass is 275 g/mol. The van der Waals surface area contributed by atoms with Crippen LogP contribution in [-0.4, -0.2) is 6.54 Å². The Morgan fingerprint density at radius 2 is 2.05 bits per heavy atom. The molecular weight excluding hydrogens is 249 g/mol. The second kappa shape index (κ2) is 5.48. The van der Waals surface area contributed by atoms with Crippen molar-refractivity contribution in [2.75, 3.05) is 6.54 Å². The Labute approximate surface area is 122 Å². The molecule has 0 aliphatic heterocycles. The lowest BCUT2D eigenvalue weighted by molar-refractivity contribution is 0.248. The Bertz CT molecular complexity index is 473. The first-order valence-corrected chi connectivity index (χ1v) is 8.10. The van der Waals surface area contributed by atoms with Crippen LogP contribution in [0.5, 0.6) is 0 Å². The van der Waals surface area contributed by atoms with Crippen molar-refractivity contribution in [3.05, 3.63) is 34.6 Å². The average Bonchev–Trinajstić information content (AvgIpc) is 2.98. The van der Waals surface area contributed by atoms with E-state index in [2.05, 4.69) is 25.2 Å². The summed E-state index contributed by atoms with van der Waals surface area (Å²) in [5.41, 5.74) is 3.05. The van der Waals surface area contributed by atoms with Gasteiger partial charge in [0, 0.05) is 11.6 Å². The average molecular weight is 275 g/mol. The predicted molar refractivity (Wildman–Crippen MR) is 81.2 cm³/mol. The first kappa shape index (κ1) is 14.1. The summed E-state index contributed by atoms with van der Waals surface area (Å²) in [6, 6.07) is 4.02. The van der Waals surface area contributed by atoms with Crippen LogP contribution in [0.25, 0.3) is 0 Å². The van der Waals surface area contributed by atoms with Crippen LogP contribution >= 0.6 is 0 Å². The van der Waals surface area contributed by atoms with Gasteiger partial charge in [-0.25, -0.2) is 4.39 Å². The van der Waals surface area contributed by atoms with E-state index in [-0.39, 0.29) is 11.9 Å². The Hall–Kier alpha value is -0.890. The standard InChI is InChI=1S/C18H26FN/c1-4-20-18(15-10-13-5-6-14(15)9-13)17-12(3)7-11(2)8-16(17)19/h7-8,13-15,18,20H,4-6,9-10H2,1-3H3. The summed E-state index contributed by atoms with van der Waals surface area (Å²) in [6.07, 6.45) is 5.41. The van der Waals surface area contributed by atoms with Crippen molar-refractivity contribution in [3.63, 3.8) is 0 Å². The van der Waals surface area contributed by atoms with Gasteiger partial charge in [0.1, 0.15) is 5.82 Å². The minimum atomic E-state index is -0.0174. The number of rotatable bonds is 4. The SMILES string of the molecule is CCNC(c1c(C)cc(C)cc1F)C1CC2CCC1C2. The minimum Gasteiger partial charge on any atom is -0.310 e. The highest BCUT2D eigenvalue weighted by molar-refractivity contribution is 5.35. The largest absolute Gasteiger partial charge is 0.310 e. The molecule has 0 aromatic heterocycles. The molecule has 2 aliphatic rings. The molecule has 1 nitrogen and oxygen atoms in total. The van der Waals surface area contributed by atoms with Crippen LogP contribution < -0.4 is 5.32 Å². The third-order valence-corrected chi connectivity index (χ3v) is 5.44. The Morgan fingerprint density at radius 1 is 1.25 bits per heavy atom. The molecule has 2 bridgehead atoms. The van der Waals surface area contributed by atoms with Crippen LogP contribution in [0.15, 0.2) is 12.1 Å².